The molecule has 1 unspecified atom stereocenters. The Morgan fingerprint density at radius 1 is 1.11 bits per heavy atom. The number of rotatable bonds is 11. The fourth-order valence-corrected chi connectivity index (χ4v) is 4.47. The van der Waals surface area contributed by atoms with Crippen LogP contribution in [0.3, 0.4) is 0 Å². The quantitative estimate of drug-likeness (QED) is 0.430. The van der Waals surface area contributed by atoms with Gasteiger partial charge in [-0.05, 0) is 65.7 Å². The Morgan fingerprint density at radius 3 is 2.38 bits per heavy atom. The Balaban J connectivity index is 2.30. The summed E-state index contributed by atoms with van der Waals surface area (Å²) in [6.07, 6.45) is 0.955. The van der Waals surface area contributed by atoms with Crippen LogP contribution >= 0.6 is 0 Å². The van der Waals surface area contributed by atoms with Gasteiger partial charge in [-0.25, -0.2) is 4.79 Å². The van der Waals surface area contributed by atoms with Gasteiger partial charge < -0.3 is 33.9 Å². The minimum Gasteiger partial charge on any atom is -0.493 e. The van der Waals surface area contributed by atoms with E-state index in [1.165, 1.54) is 4.90 Å². The smallest absolute Gasteiger partial charge is 0.410 e. The van der Waals surface area contributed by atoms with Crippen molar-refractivity contribution in [1.29, 1.82) is 0 Å². The van der Waals surface area contributed by atoms with Crippen LogP contribution in [0.2, 0.25) is 0 Å². The molecule has 208 valence electrons. The minimum atomic E-state index is -0.981. The number of piperidine rings is 1. The molecule has 0 saturated carbocycles. The molecule has 1 aromatic carbocycles. The lowest BCUT2D eigenvalue weighted by molar-refractivity contribution is -0.138. The molecule has 2 atom stereocenters. The Bertz CT molecular complexity index is 927. The van der Waals surface area contributed by atoms with Gasteiger partial charge in [0.05, 0.1) is 26.2 Å². The van der Waals surface area contributed by atoms with Gasteiger partial charge in [0.1, 0.15) is 5.60 Å². The van der Waals surface area contributed by atoms with Gasteiger partial charge in [-0.3, -0.25) is 9.59 Å². The molecular weight excluding hydrogens is 480 g/mol. The van der Waals surface area contributed by atoms with Crippen LogP contribution in [0.5, 0.6) is 11.5 Å². The Kier molecular flexibility index (Phi) is 11.0. The Labute approximate surface area is 219 Å². The summed E-state index contributed by atoms with van der Waals surface area (Å²) in [6, 6.07) is 4.10. The molecule has 2 rings (SSSR count). The summed E-state index contributed by atoms with van der Waals surface area (Å²) in [5.41, 5.74) is -0.290. The van der Waals surface area contributed by atoms with E-state index in [1.807, 2.05) is 13.8 Å². The second-order valence-electron chi connectivity index (χ2n) is 10.5. The molecule has 37 heavy (non-hydrogen) atoms. The Hall–Kier alpha value is -3.01. The van der Waals surface area contributed by atoms with Crippen molar-refractivity contribution in [3.63, 3.8) is 0 Å². The van der Waals surface area contributed by atoms with E-state index in [9.17, 15) is 19.5 Å². The van der Waals surface area contributed by atoms with E-state index in [4.69, 9.17) is 18.9 Å². The normalized spacial score (nSPS) is 17.9. The van der Waals surface area contributed by atoms with Crippen LogP contribution < -0.4 is 9.47 Å². The first-order valence-electron chi connectivity index (χ1n) is 12.7. The maximum Gasteiger partial charge on any atom is 0.410 e. The summed E-state index contributed by atoms with van der Waals surface area (Å²) in [7, 11) is 3.17. The molecule has 1 N–H and O–H groups in total. The van der Waals surface area contributed by atoms with Gasteiger partial charge >= 0.3 is 12.1 Å². The Morgan fingerprint density at radius 2 is 1.81 bits per heavy atom. The fourth-order valence-electron chi connectivity index (χ4n) is 4.47. The van der Waals surface area contributed by atoms with Crippen LogP contribution in [0, 0.1) is 0 Å². The number of nitrogens with zero attached hydrogens (tertiary/aromatic N) is 2. The SMILES string of the molecule is COCCCOc1cc(C(=O)N(C(C)C)C2CC[C@@H](CC(=O)O)N(C(=O)OC(C)(C)C)C2)ccc1OC. The van der Waals surface area contributed by atoms with Crippen molar-refractivity contribution >= 4 is 18.0 Å². The number of ether oxygens (including phenoxy) is 4. The van der Waals surface area contributed by atoms with E-state index in [-0.39, 0.29) is 31.0 Å². The zero-order valence-electron chi connectivity index (χ0n) is 23.1. The largest absolute Gasteiger partial charge is 0.493 e. The van der Waals surface area contributed by atoms with Crippen LogP contribution in [0.1, 0.15) is 70.7 Å². The molecule has 0 aliphatic carbocycles. The van der Waals surface area contributed by atoms with E-state index in [0.717, 1.165) is 0 Å². The number of carbonyl (C=O) groups is 3. The number of methoxy groups -OCH3 is 2. The number of likely N-dealkylation sites (tertiary alicyclic amines) is 1. The predicted molar refractivity (Wildman–Crippen MR) is 138 cm³/mol. The second-order valence-corrected chi connectivity index (χ2v) is 10.5. The third-order valence-corrected chi connectivity index (χ3v) is 6.06. The summed E-state index contributed by atoms with van der Waals surface area (Å²) in [4.78, 5) is 41.5. The van der Waals surface area contributed by atoms with Crippen molar-refractivity contribution in [1.82, 2.24) is 9.80 Å². The predicted octanol–water partition coefficient (Wildman–Crippen LogP) is 4.20. The highest BCUT2D eigenvalue weighted by atomic mass is 16.6. The number of carboxylic acid groups (broad SMARTS) is 1. The topological polar surface area (TPSA) is 115 Å². The first-order valence-corrected chi connectivity index (χ1v) is 12.7. The molecule has 0 radical (unpaired) electrons. The van der Waals surface area contributed by atoms with Crippen molar-refractivity contribution in [2.45, 2.75) is 84.0 Å². The van der Waals surface area contributed by atoms with E-state index in [2.05, 4.69) is 0 Å². The lowest BCUT2D eigenvalue weighted by Crippen LogP contribution is -2.57. The highest BCUT2D eigenvalue weighted by molar-refractivity contribution is 5.95. The molecule has 0 aromatic heterocycles. The van der Waals surface area contributed by atoms with Gasteiger partial charge in [0, 0.05) is 44.3 Å². The number of benzene rings is 1. The fraction of sp³-hybridized carbons (Fsp3) is 0.667. The standard InChI is InChI=1S/C27H42N2O8/c1-18(2)29(25(32)19-9-12-22(35-7)23(15-19)36-14-8-13-34-6)21-11-10-20(16-24(30)31)28(17-21)26(33)37-27(3,4)5/h9,12,15,18,20-21H,8,10-11,13-14,16-17H2,1-7H3,(H,30,31)/t20-,21?/m0/s1. The van der Waals surface area contributed by atoms with Gasteiger partial charge in [0.15, 0.2) is 11.5 Å². The van der Waals surface area contributed by atoms with Gasteiger partial charge in [-0.1, -0.05) is 0 Å². The minimum absolute atomic E-state index is 0.165. The molecular formula is C27H42N2O8. The summed E-state index contributed by atoms with van der Waals surface area (Å²) in [6.45, 7) is 10.3. The lowest BCUT2D eigenvalue weighted by Gasteiger charge is -2.45. The number of aliphatic carboxylic acids is 1. The number of carbonyl (C=O) groups excluding carboxylic acids is 2. The van der Waals surface area contributed by atoms with Crippen molar-refractivity contribution in [2.24, 2.45) is 0 Å². The molecule has 1 saturated heterocycles. The number of amides is 2. The summed E-state index contributed by atoms with van der Waals surface area (Å²) >= 11 is 0. The van der Waals surface area contributed by atoms with Gasteiger partial charge in [-0.15, -0.1) is 0 Å². The average Bonchev–Trinajstić information content (AvgIpc) is 2.81. The summed E-state index contributed by atoms with van der Waals surface area (Å²) in [5, 5.41) is 9.39. The molecule has 0 bridgehead atoms. The third-order valence-electron chi connectivity index (χ3n) is 6.06. The highest BCUT2D eigenvalue weighted by Crippen LogP contribution is 2.31. The van der Waals surface area contributed by atoms with Crippen LogP contribution in [0.15, 0.2) is 18.2 Å². The molecule has 1 fully saturated rings. The van der Waals surface area contributed by atoms with Gasteiger partial charge in [-0.2, -0.15) is 0 Å². The maximum atomic E-state index is 13.8. The van der Waals surface area contributed by atoms with Gasteiger partial charge in [0.2, 0.25) is 0 Å². The summed E-state index contributed by atoms with van der Waals surface area (Å²) < 4.78 is 21.9. The molecule has 1 aliphatic rings. The van der Waals surface area contributed by atoms with Crippen LogP contribution in [-0.4, -0.2) is 90.6 Å². The molecule has 1 aromatic rings. The zero-order chi connectivity index (χ0) is 27.8. The first kappa shape index (κ1) is 30.2. The maximum absolute atomic E-state index is 13.8. The van der Waals surface area contributed by atoms with Crippen molar-refractivity contribution < 1.29 is 38.4 Å². The lowest BCUT2D eigenvalue weighted by atomic mass is 9.94. The van der Waals surface area contributed by atoms with E-state index < -0.39 is 23.7 Å². The molecule has 10 heteroatoms. The van der Waals surface area contributed by atoms with Crippen molar-refractivity contribution in [3.05, 3.63) is 23.8 Å². The number of carboxylic acids is 1. The highest BCUT2D eigenvalue weighted by Gasteiger charge is 2.39. The third kappa shape index (κ3) is 8.80. The van der Waals surface area contributed by atoms with Crippen LogP contribution in [0.25, 0.3) is 0 Å². The van der Waals surface area contributed by atoms with E-state index in [0.29, 0.717) is 49.5 Å². The molecule has 2 amide bonds. The van der Waals surface area contributed by atoms with Crippen LogP contribution in [-0.2, 0) is 14.3 Å². The van der Waals surface area contributed by atoms with Crippen molar-refractivity contribution in [3.8, 4) is 11.5 Å². The molecule has 1 heterocycles. The monoisotopic (exact) mass is 522 g/mol. The van der Waals surface area contributed by atoms with Crippen molar-refractivity contribution in [2.75, 3.05) is 34.0 Å². The van der Waals surface area contributed by atoms with Crippen LogP contribution in [0.4, 0.5) is 4.79 Å². The zero-order valence-corrected chi connectivity index (χ0v) is 23.1. The first-order chi connectivity index (χ1) is 17.4. The summed E-state index contributed by atoms with van der Waals surface area (Å²) in [5.74, 6) is -0.195. The van der Waals surface area contributed by atoms with E-state index >= 15 is 0 Å². The average molecular weight is 523 g/mol. The number of hydrogen-bond acceptors (Lipinski definition) is 7. The second kappa shape index (κ2) is 13.5. The number of hydrogen-bond donors (Lipinski definition) is 1. The molecule has 0 spiro atoms. The molecule has 10 nitrogen and oxygen atoms in total. The van der Waals surface area contributed by atoms with Gasteiger partial charge in [0.25, 0.3) is 5.91 Å². The molecule has 1 aliphatic heterocycles. The van der Waals surface area contributed by atoms with E-state index in [1.54, 1.807) is 58.1 Å².